The second-order valence-electron chi connectivity index (χ2n) is 6.89. The Kier molecular flexibility index (Phi) is 7.17. The van der Waals surface area contributed by atoms with Gasteiger partial charge in [-0.1, -0.05) is 75.7 Å². The molecule has 0 amide bonds. The standard InChI is InChI=1S/C21H14Cl6N6/c22-10-1-4-13(14(25)7-10)21(28)32-19(29-17-5-2-11(23)8-15(17)26)31-20(33-21)30-18-6-3-12(24)9-16(18)27/h1-9H,28H2,(H3,29,30,31,32,33). The molecule has 12 heteroatoms. The molecule has 0 aromatic heterocycles. The molecule has 0 spiro atoms. The van der Waals surface area contributed by atoms with Gasteiger partial charge in [0.05, 0.1) is 26.4 Å². The van der Waals surface area contributed by atoms with Gasteiger partial charge in [-0.15, -0.1) is 0 Å². The number of benzene rings is 3. The number of aliphatic imine (C=N–C) groups is 2. The lowest BCUT2D eigenvalue weighted by Gasteiger charge is -2.30. The highest BCUT2D eigenvalue weighted by Crippen LogP contribution is 2.33. The number of nitrogens with two attached hydrogens (primary N) is 1. The van der Waals surface area contributed by atoms with Gasteiger partial charge in [-0.2, -0.15) is 0 Å². The van der Waals surface area contributed by atoms with E-state index in [1.54, 1.807) is 54.6 Å². The molecule has 5 N–H and O–H groups in total. The van der Waals surface area contributed by atoms with Gasteiger partial charge in [0.2, 0.25) is 17.7 Å². The number of anilines is 2. The zero-order valence-corrected chi connectivity index (χ0v) is 21.0. The summed E-state index contributed by atoms with van der Waals surface area (Å²) in [5.41, 5.74) is 8.13. The molecule has 0 radical (unpaired) electrons. The predicted molar refractivity (Wildman–Crippen MR) is 141 cm³/mol. The van der Waals surface area contributed by atoms with Crippen molar-refractivity contribution in [2.45, 2.75) is 5.79 Å². The first-order chi connectivity index (χ1) is 15.6. The van der Waals surface area contributed by atoms with E-state index in [4.69, 9.17) is 75.3 Å². The molecule has 0 bridgehead atoms. The Bertz CT molecular complexity index is 1220. The van der Waals surface area contributed by atoms with Crippen molar-refractivity contribution in [3.8, 4) is 0 Å². The summed E-state index contributed by atoms with van der Waals surface area (Å²) < 4.78 is 0. The van der Waals surface area contributed by atoms with Crippen LogP contribution in [0, 0.1) is 0 Å². The summed E-state index contributed by atoms with van der Waals surface area (Å²) in [5.74, 6) is -1.11. The van der Waals surface area contributed by atoms with Crippen molar-refractivity contribution in [1.29, 1.82) is 0 Å². The number of halogens is 6. The number of hydrogen-bond acceptors (Lipinski definition) is 6. The highest BCUT2D eigenvalue weighted by atomic mass is 35.5. The van der Waals surface area contributed by atoms with Crippen LogP contribution in [0.4, 0.5) is 11.4 Å². The van der Waals surface area contributed by atoms with Crippen LogP contribution in [0.1, 0.15) is 5.56 Å². The molecule has 0 fully saturated rings. The summed E-state index contributed by atoms with van der Waals surface area (Å²) in [6, 6.07) is 14.8. The zero-order chi connectivity index (χ0) is 23.8. The molecule has 33 heavy (non-hydrogen) atoms. The third-order valence-electron chi connectivity index (χ3n) is 4.50. The smallest absolute Gasteiger partial charge is 0.237 e. The summed E-state index contributed by atoms with van der Waals surface area (Å²) in [4.78, 5) is 9.07. The minimum absolute atomic E-state index is 0.246. The molecule has 4 rings (SSSR count). The Morgan fingerprint density at radius 1 is 0.636 bits per heavy atom. The molecule has 1 aliphatic rings. The molecule has 1 heterocycles. The fourth-order valence-electron chi connectivity index (χ4n) is 3.00. The highest BCUT2D eigenvalue weighted by Gasteiger charge is 2.34. The number of rotatable bonds is 3. The zero-order valence-electron chi connectivity index (χ0n) is 16.4. The lowest BCUT2D eigenvalue weighted by molar-refractivity contribution is 0.486. The van der Waals surface area contributed by atoms with E-state index in [1.165, 1.54) is 0 Å². The fourth-order valence-corrected chi connectivity index (χ4v) is 4.46. The molecule has 0 saturated carbocycles. The Labute approximate surface area is 219 Å². The Morgan fingerprint density at radius 2 is 1.06 bits per heavy atom. The first kappa shape index (κ1) is 24.2. The monoisotopic (exact) mass is 560 g/mol. The maximum atomic E-state index is 6.61. The van der Waals surface area contributed by atoms with Crippen molar-refractivity contribution >= 4 is 92.9 Å². The number of nitrogens with one attached hydrogen (secondary N) is 3. The van der Waals surface area contributed by atoms with E-state index < -0.39 is 5.79 Å². The van der Waals surface area contributed by atoms with Crippen LogP contribution in [-0.4, -0.2) is 11.9 Å². The van der Waals surface area contributed by atoms with Gasteiger partial charge in [0.15, 0.2) is 0 Å². The van der Waals surface area contributed by atoms with Crippen molar-refractivity contribution in [3.63, 3.8) is 0 Å². The summed E-state index contributed by atoms with van der Waals surface area (Å²) in [5, 5.41) is 11.7. The van der Waals surface area contributed by atoms with Crippen LogP contribution in [0.5, 0.6) is 0 Å². The first-order valence-electron chi connectivity index (χ1n) is 9.28. The van der Waals surface area contributed by atoms with Gasteiger partial charge in [-0.05, 0) is 48.5 Å². The average molecular weight is 563 g/mol. The third kappa shape index (κ3) is 5.61. The Hall–Kier alpha value is -1.90. The largest absolute Gasteiger partial charge is 0.325 e. The molecule has 0 saturated heterocycles. The maximum absolute atomic E-state index is 6.61. The molecule has 3 aromatic carbocycles. The normalized spacial score (nSPS) is 14.8. The molecule has 170 valence electrons. The maximum Gasteiger partial charge on any atom is 0.237 e. The minimum atomic E-state index is -1.60. The Balaban J connectivity index is 1.75. The van der Waals surface area contributed by atoms with Crippen LogP contribution in [-0.2, 0) is 5.79 Å². The van der Waals surface area contributed by atoms with Crippen molar-refractivity contribution in [2.24, 2.45) is 15.7 Å². The summed E-state index contributed by atoms with van der Waals surface area (Å²) in [6.45, 7) is 0. The highest BCUT2D eigenvalue weighted by molar-refractivity contribution is 6.38. The van der Waals surface area contributed by atoms with Gasteiger partial charge in [0.25, 0.3) is 0 Å². The van der Waals surface area contributed by atoms with Crippen molar-refractivity contribution in [2.75, 3.05) is 10.6 Å². The predicted octanol–water partition coefficient (Wildman–Crippen LogP) is 7.22. The van der Waals surface area contributed by atoms with Crippen LogP contribution in [0.2, 0.25) is 30.1 Å². The van der Waals surface area contributed by atoms with Crippen LogP contribution in [0.3, 0.4) is 0 Å². The quantitative estimate of drug-likeness (QED) is 0.271. The summed E-state index contributed by atoms with van der Waals surface area (Å²) >= 11 is 37.1. The van der Waals surface area contributed by atoms with Gasteiger partial charge < -0.3 is 10.6 Å². The second kappa shape index (κ2) is 9.76. The van der Waals surface area contributed by atoms with Gasteiger partial charge in [0.1, 0.15) is 0 Å². The van der Waals surface area contributed by atoms with E-state index in [9.17, 15) is 0 Å². The van der Waals surface area contributed by atoms with Gasteiger partial charge >= 0.3 is 0 Å². The van der Waals surface area contributed by atoms with Gasteiger partial charge in [-0.25, -0.2) is 9.98 Å². The molecule has 6 nitrogen and oxygen atoms in total. The van der Waals surface area contributed by atoms with E-state index in [1.807, 2.05) is 0 Å². The average Bonchev–Trinajstić information content (AvgIpc) is 2.72. The number of guanidine groups is 2. The molecule has 1 aliphatic heterocycles. The SMILES string of the molecule is NC1(c2ccc(Cl)cc2Cl)N=C(Nc2ccc(Cl)cc2Cl)NC(Nc2ccc(Cl)cc2Cl)=N1. The van der Waals surface area contributed by atoms with Crippen molar-refractivity contribution < 1.29 is 0 Å². The molecule has 3 aromatic rings. The number of nitrogens with zero attached hydrogens (tertiary/aromatic N) is 2. The van der Waals surface area contributed by atoms with E-state index >= 15 is 0 Å². The van der Waals surface area contributed by atoms with Crippen molar-refractivity contribution in [3.05, 3.63) is 90.3 Å². The molecule has 0 atom stereocenters. The van der Waals surface area contributed by atoms with Crippen LogP contribution in [0.25, 0.3) is 0 Å². The topological polar surface area (TPSA) is 86.8 Å². The molecular formula is C21H14Cl6N6. The van der Waals surface area contributed by atoms with E-state index in [2.05, 4.69) is 25.9 Å². The summed E-state index contributed by atoms with van der Waals surface area (Å²) in [6.07, 6.45) is 0. The van der Waals surface area contributed by atoms with Gasteiger partial charge in [0, 0.05) is 20.6 Å². The third-order valence-corrected chi connectivity index (χ3v) is 6.14. The molecular weight excluding hydrogens is 549 g/mol. The van der Waals surface area contributed by atoms with E-state index in [0.717, 1.165) is 0 Å². The van der Waals surface area contributed by atoms with E-state index in [-0.39, 0.29) is 11.9 Å². The van der Waals surface area contributed by atoms with E-state index in [0.29, 0.717) is 47.1 Å². The Morgan fingerprint density at radius 3 is 1.48 bits per heavy atom. The van der Waals surface area contributed by atoms with Crippen LogP contribution in [0.15, 0.2) is 64.6 Å². The second-order valence-corrected chi connectivity index (χ2v) is 9.43. The van der Waals surface area contributed by atoms with Crippen LogP contribution >= 0.6 is 69.6 Å². The summed E-state index contributed by atoms with van der Waals surface area (Å²) in [7, 11) is 0. The lowest BCUT2D eigenvalue weighted by atomic mass is 10.1. The molecule has 0 aliphatic carbocycles. The van der Waals surface area contributed by atoms with Crippen molar-refractivity contribution in [1.82, 2.24) is 5.32 Å². The fraction of sp³-hybridized carbons (Fsp3) is 0.0476. The van der Waals surface area contributed by atoms with Crippen LogP contribution < -0.4 is 21.7 Å². The van der Waals surface area contributed by atoms with Gasteiger partial charge in [-0.3, -0.25) is 11.1 Å². The first-order valence-corrected chi connectivity index (χ1v) is 11.5. The lowest BCUT2D eigenvalue weighted by Crippen LogP contribution is -2.50. The molecule has 0 unspecified atom stereocenters. The number of hydrogen-bond donors (Lipinski definition) is 4. The minimum Gasteiger partial charge on any atom is -0.325 e.